The van der Waals surface area contributed by atoms with Crippen molar-refractivity contribution < 1.29 is 4.74 Å². The lowest BCUT2D eigenvalue weighted by atomic mass is 10.2. The summed E-state index contributed by atoms with van der Waals surface area (Å²) in [6.07, 6.45) is 6.03. The van der Waals surface area contributed by atoms with Crippen LogP contribution >= 0.6 is 11.3 Å². The van der Waals surface area contributed by atoms with Crippen LogP contribution in [0, 0.1) is 0 Å². The summed E-state index contributed by atoms with van der Waals surface area (Å²) in [5.74, 6) is 1.02. The number of pyridine rings is 1. The van der Waals surface area contributed by atoms with Crippen LogP contribution in [0.3, 0.4) is 0 Å². The molecule has 27 heavy (non-hydrogen) atoms. The maximum absolute atomic E-state index is 5.59. The van der Waals surface area contributed by atoms with E-state index in [1.54, 1.807) is 16.0 Å². The molecule has 1 aliphatic heterocycles. The van der Waals surface area contributed by atoms with Gasteiger partial charge in [-0.3, -0.25) is 4.68 Å². The number of morpholine rings is 1. The second kappa shape index (κ2) is 8.16. The maximum Gasteiger partial charge on any atom is 0.128 e. The highest BCUT2D eigenvalue weighted by Crippen LogP contribution is 2.21. The first-order valence-corrected chi connectivity index (χ1v) is 10.0. The monoisotopic (exact) mass is 384 g/mol. The molecule has 4 rings (SSSR count). The molecule has 0 spiro atoms. The fraction of sp³-hybridized carbons (Fsp3) is 0.421. The van der Waals surface area contributed by atoms with E-state index in [1.807, 2.05) is 25.6 Å². The lowest BCUT2D eigenvalue weighted by Crippen LogP contribution is -2.41. The number of aromatic nitrogens is 4. The number of nitrogens with zero attached hydrogens (tertiary/aromatic N) is 5. The van der Waals surface area contributed by atoms with Crippen molar-refractivity contribution in [2.75, 3.05) is 24.6 Å². The Kier molecular flexibility index (Phi) is 5.47. The fourth-order valence-corrected chi connectivity index (χ4v) is 3.90. The minimum Gasteiger partial charge on any atom is -0.375 e. The number of nitrogens with one attached hydrogen (secondary N) is 1. The van der Waals surface area contributed by atoms with Crippen molar-refractivity contribution in [2.24, 2.45) is 7.05 Å². The third-order valence-corrected chi connectivity index (χ3v) is 5.38. The average molecular weight is 385 g/mol. The summed E-state index contributed by atoms with van der Waals surface area (Å²) in [5, 5.41) is 10.8. The van der Waals surface area contributed by atoms with Crippen molar-refractivity contribution >= 4 is 17.2 Å². The molecule has 4 heterocycles. The molecule has 1 fully saturated rings. The highest BCUT2D eigenvalue weighted by atomic mass is 32.1. The van der Waals surface area contributed by atoms with E-state index >= 15 is 0 Å². The van der Waals surface area contributed by atoms with Gasteiger partial charge in [0.1, 0.15) is 10.8 Å². The maximum atomic E-state index is 5.59. The van der Waals surface area contributed by atoms with Crippen LogP contribution in [0.2, 0.25) is 0 Å². The molecule has 1 unspecified atom stereocenters. The summed E-state index contributed by atoms with van der Waals surface area (Å²) < 4.78 is 7.38. The van der Waals surface area contributed by atoms with Crippen LogP contribution < -0.4 is 10.2 Å². The minimum absolute atomic E-state index is 0.261. The van der Waals surface area contributed by atoms with Crippen LogP contribution in [0.4, 0.5) is 5.82 Å². The van der Waals surface area contributed by atoms with Gasteiger partial charge in [0.15, 0.2) is 0 Å². The average Bonchev–Trinajstić information content (AvgIpc) is 3.31. The Bertz CT molecular complexity index is 874. The fourth-order valence-electron chi connectivity index (χ4n) is 3.13. The largest absolute Gasteiger partial charge is 0.375 e. The predicted octanol–water partition coefficient (Wildman–Crippen LogP) is 2.45. The second-order valence-electron chi connectivity index (χ2n) is 6.78. The van der Waals surface area contributed by atoms with Gasteiger partial charge in [-0.2, -0.15) is 5.10 Å². The molecule has 1 atom stereocenters. The zero-order valence-electron chi connectivity index (χ0n) is 15.6. The predicted molar refractivity (Wildman–Crippen MR) is 107 cm³/mol. The van der Waals surface area contributed by atoms with E-state index < -0.39 is 0 Å². The summed E-state index contributed by atoms with van der Waals surface area (Å²) in [6.45, 7) is 6.18. The quantitative estimate of drug-likeness (QED) is 0.704. The van der Waals surface area contributed by atoms with Gasteiger partial charge in [0.2, 0.25) is 0 Å². The molecule has 0 amide bonds. The van der Waals surface area contributed by atoms with Crippen molar-refractivity contribution in [3.63, 3.8) is 0 Å². The molecular formula is C19H24N6OS. The van der Waals surface area contributed by atoms with Crippen LogP contribution in [0.1, 0.15) is 17.5 Å². The Hall–Kier alpha value is -2.29. The lowest BCUT2D eigenvalue weighted by molar-refractivity contribution is 0.0529. The number of rotatable bonds is 6. The molecule has 0 aliphatic carbocycles. The van der Waals surface area contributed by atoms with Gasteiger partial charge in [-0.1, -0.05) is 6.07 Å². The van der Waals surface area contributed by atoms with Gasteiger partial charge in [0, 0.05) is 56.6 Å². The van der Waals surface area contributed by atoms with E-state index in [0.717, 1.165) is 54.9 Å². The van der Waals surface area contributed by atoms with Crippen molar-refractivity contribution in [1.29, 1.82) is 0 Å². The number of hydrogen-bond donors (Lipinski definition) is 1. The van der Waals surface area contributed by atoms with Gasteiger partial charge in [-0.25, -0.2) is 9.97 Å². The lowest BCUT2D eigenvalue weighted by Gasteiger charge is -2.32. The normalized spacial score (nSPS) is 17.4. The first-order chi connectivity index (χ1) is 13.2. The Balaban J connectivity index is 1.28. The molecule has 1 aliphatic rings. The van der Waals surface area contributed by atoms with E-state index in [1.165, 1.54) is 5.56 Å². The first kappa shape index (κ1) is 18.1. The number of hydrogen-bond acceptors (Lipinski definition) is 7. The highest BCUT2D eigenvalue weighted by Gasteiger charge is 2.17. The summed E-state index contributed by atoms with van der Waals surface area (Å²) >= 11 is 1.67. The number of ether oxygens (including phenoxy) is 1. The van der Waals surface area contributed by atoms with Gasteiger partial charge in [0.05, 0.1) is 24.6 Å². The third-order valence-electron chi connectivity index (χ3n) is 4.53. The van der Waals surface area contributed by atoms with Crippen LogP contribution in [-0.4, -0.2) is 45.5 Å². The molecular weight excluding hydrogens is 360 g/mol. The molecule has 142 valence electrons. The molecule has 1 N–H and O–H groups in total. The molecule has 1 saturated heterocycles. The Morgan fingerprint density at radius 3 is 2.96 bits per heavy atom. The molecule has 3 aromatic heterocycles. The van der Waals surface area contributed by atoms with E-state index in [4.69, 9.17) is 4.74 Å². The first-order valence-electron chi connectivity index (χ1n) is 9.13. The zero-order valence-corrected chi connectivity index (χ0v) is 16.4. The number of aryl methyl sites for hydroxylation is 1. The summed E-state index contributed by atoms with van der Waals surface area (Å²) in [7, 11) is 1.91. The van der Waals surface area contributed by atoms with Crippen LogP contribution in [0.25, 0.3) is 11.3 Å². The Morgan fingerprint density at radius 1 is 1.30 bits per heavy atom. The van der Waals surface area contributed by atoms with Crippen molar-refractivity contribution in [1.82, 2.24) is 25.1 Å². The second-order valence-corrected chi connectivity index (χ2v) is 7.73. The molecule has 0 bridgehead atoms. The standard InChI is InChI=1S/C19H24N6OS/c1-14-11-25(5-6-26-14)18-4-3-15(8-21-18)7-20-10-19-23-17(13-27-19)16-9-22-24(2)12-16/h3-4,8-9,12-14,20H,5-7,10-11H2,1-2H3. The smallest absolute Gasteiger partial charge is 0.128 e. The Morgan fingerprint density at radius 2 is 2.22 bits per heavy atom. The Labute approximate surface area is 163 Å². The van der Waals surface area contributed by atoms with Crippen molar-refractivity contribution in [3.8, 4) is 11.3 Å². The molecule has 0 radical (unpaired) electrons. The number of thiazole rings is 1. The van der Waals surface area contributed by atoms with Gasteiger partial charge in [0.25, 0.3) is 0 Å². The van der Waals surface area contributed by atoms with Crippen LogP contribution in [-0.2, 0) is 24.9 Å². The highest BCUT2D eigenvalue weighted by molar-refractivity contribution is 7.09. The molecule has 0 saturated carbocycles. The third kappa shape index (κ3) is 4.52. The van der Waals surface area contributed by atoms with Crippen LogP contribution in [0.15, 0.2) is 36.1 Å². The topological polar surface area (TPSA) is 68.1 Å². The molecule has 3 aromatic rings. The zero-order chi connectivity index (χ0) is 18.6. The summed E-state index contributed by atoms with van der Waals surface area (Å²) in [5.41, 5.74) is 3.21. The molecule has 8 heteroatoms. The van der Waals surface area contributed by atoms with E-state index in [-0.39, 0.29) is 6.10 Å². The number of anilines is 1. The summed E-state index contributed by atoms with van der Waals surface area (Å²) in [4.78, 5) is 11.6. The van der Waals surface area contributed by atoms with E-state index in [9.17, 15) is 0 Å². The van der Waals surface area contributed by atoms with E-state index in [0.29, 0.717) is 0 Å². The van der Waals surface area contributed by atoms with Gasteiger partial charge >= 0.3 is 0 Å². The van der Waals surface area contributed by atoms with Gasteiger partial charge in [-0.05, 0) is 18.6 Å². The van der Waals surface area contributed by atoms with Gasteiger partial charge < -0.3 is 15.0 Å². The molecule has 0 aromatic carbocycles. The summed E-state index contributed by atoms with van der Waals surface area (Å²) in [6, 6.07) is 4.23. The van der Waals surface area contributed by atoms with E-state index in [2.05, 4.69) is 49.7 Å². The van der Waals surface area contributed by atoms with Crippen LogP contribution in [0.5, 0.6) is 0 Å². The van der Waals surface area contributed by atoms with Crippen molar-refractivity contribution in [2.45, 2.75) is 26.1 Å². The molecule has 7 nitrogen and oxygen atoms in total. The minimum atomic E-state index is 0.261. The SMILES string of the molecule is CC1CN(c2ccc(CNCc3nc(-c4cnn(C)c4)cs3)cn2)CCO1. The van der Waals surface area contributed by atoms with Gasteiger partial charge in [-0.15, -0.1) is 11.3 Å². The van der Waals surface area contributed by atoms with Crippen molar-refractivity contribution in [3.05, 3.63) is 46.7 Å².